The Morgan fingerprint density at radius 3 is 2.85 bits per heavy atom. The predicted molar refractivity (Wildman–Crippen MR) is 67.5 cm³/mol. The molecule has 3 aliphatic rings. The van der Waals surface area contributed by atoms with E-state index in [2.05, 4.69) is 5.16 Å². The van der Waals surface area contributed by atoms with Crippen molar-refractivity contribution in [2.75, 3.05) is 13.7 Å². The first-order valence-electron chi connectivity index (χ1n) is 6.47. The lowest BCUT2D eigenvalue weighted by atomic mass is 9.85. The third-order valence-electron chi connectivity index (χ3n) is 3.90. The van der Waals surface area contributed by atoms with Gasteiger partial charge in [0, 0.05) is 5.56 Å². The Morgan fingerprint density at radius 1 is 1.30 bits per heavy atom. The molecule has 20 heavy (non-hydrogen) atoms. The van der Waals surface area contributed by atoms with Crippen LogP contribution in [0.2, 0.25) is 0 Å². The number of rotatable bonds is 2. The summed E-state index contributed by atoms with van der Waals surface area (Å²) >= 11 is 0. The molecule has 104 valence electrons. The number of fused-ring (bicyclic) bond motifs is 4. The summed E-state index contributed by atoms with van der Waals surface area (Å²) < 4.78 is 15.9. The average Bonchev–Trinajstić information content (AvgIpc) is 3.11. The zero-order valence-corrected chi connectivity index (χ0v) is 10.8. The van der Waals surface area contributed by atoms with Crippen molar-refractivity contribution in [3.63, 3.8) is 0 Å². The van der Waals surface area contributed by atoms with Crippen LogP contribution >= 0.6 is 0 Å². The molecule has 0 spiro atoms. The fraction of sp³-hybridized carbons (Fsp3) is 0.429. The van der Waals surface area contributed by atoms with Gasteiger partial charge in [0.2, 0.25) is 12.1 Å². The van der Waals surface area contributed by atoms with Gasteiger partial charge in [0.25, 0.3) is 0 Å². The first-order chi connectivity index (χ1) is 9.78. The van der Waals surface area contributed by atoms with Crippen molar-refractivity contribution in [1.29, 1.82) is 0 Å². The van der Waals surface area contributed by atoms with Gasteiger partial charge in [-0.3, -0.25) is 4.79 Å². The molecule has 3 aliphatic heterocycles. The fourth-order valence-corrected chi connectivity index (χ4v) is 2.85. The SMILES string of the molecule is COc1ccc(C2=NO[C@H]3[C@H]2C(=O)[C@@H]2OC[C@H]3O2)cc1. The molecule has 4 atom stereocenters. The number of oxime groups is 1. The third-order valence-corrected chi connectivity index (χ3v) is 3.90. The maximum absolute atomic E-state index is 12.3. The molecule has 2 fully saturated rings. The molecule has 0 N–H and O–H groups in total. The van der Waals surface area contributed by atoms with Crippen molar-refractivity contribution in [3.8, 4) is 5.75 Å². The summed E-state index contributed by atoms with van der Waals surface area (Å²) in [6.45, 7) is 0.378. The number of ketones is 1. The predicted octanol–water partition coefficient (Wildman–Crippen LogP) is 0.738. The summed E-state index contributed by atoms with van der Waals surface area (Å²) in [6, 6.07) is 7.41. The molecule has 2 saturated heterocycles. The highest BCUT2D eigenvalue weighted by atomic mass is 16.7. The minimum absolute atomic E-state index is 0.115. The quantitative estimate of drug-likeness (QED) is 0.796. The van der Waals surface area contributed by atoms with E-state index in [-0.39, 0.29) is 18.0 Å². The van der Waals surface area contributed by atoms with E-state index in [1.165, 1.54) is 0 Å². The molecule has 0 radical (unpaired) electrons. The van der Waals surface area contributed by atoms with Crippen LogP contribution in [0.3, 0.4) is 0 Å². The summed E-state index contributed by atoms with van der Waals surface area (Å²) in [5, 5.41) is 4.09. The van der Waals surface area contributed by atoms with Gasteiger partial charge in [-0.1, -0.05) is 5.16 Å². The van der Waals surface area contributed by atoms with Crippen molar-refractivity contribution >= 4 is 11.5 Å². The topological polar surface area (TPSA) is 66.4 Å². The Bertz CT molecular complexity index is 582. The Hall–Kier alpha value is -1.92. The molecule has 0 amide bonds. The van der Waals surface area contributed by atoms with Crippen LogP contribution in [0.5, 0.6) is 5.75 Å². The van der Waals surface area contributed by atoms with Gasteiger partial charge in [0.05, 0.1) is 13.7 Å². The van der Waals surface area contributed by atoms with Crippen molar-refractivity contribution in [2.45, 2.75) is 18.5 Å². The van der Waals surface area contributed by atoms with Gasteiger partial charge in [-0.05, 0) is 24.3 Å². The zero-order chi connectivity index (χ0) is 13.7. The number of nitrogens with zero attached hydrogens (tertiary/aromatic N) is 1. The van der Waals surface area contributed by atoms with Crippen molar-refractivity contribution in [1.82, 2.24) is 0 Å². The molecule has 0 aromatic heterocycles. The van der Waals surface area contributed by atoms with Gasteiger partial charge in [-0.2, -0.15) is 0 Å². The van der Waals surface area contributed by atoms with Crippen LogP contribution in [0.1, 0.15) is 5.56 Å². The third kappa shape index (κ3) is 1.58. The summed E-state index contributed by atoms with van der Waals surface area (Å²) in [5.41, 5.74) is 1.50. The van der Waals surface area contributed by atoms with Crippen LogP contribution in [-0.2, 0) is 19.1 Å². The second-order valence-electron chi connectivity index (χ2n) is 4.99. The van der Waals surface area contributed by atoms with E-state index < -0.39 is 12.2 Å². The summed E-state index contributed by atoms with van der Waals surface area (Å²) in [7, 11) is 1.61. The monoisotopic (exact) mass is 275 g/mol. The van der Waals surface area contributed by atoms with Crippen LogP contribution in [0.4, 0.5) is 0 Å². The van der Waals surface area contributed by atoms with Crippen LogP contribution in [0.25, 0.3) is 0 Å². The minimum atomic E-state index is -0.772. The number of Topliss-reactive ketones (excluding diaryl/α,β-unsaturated/α-hetero) is 1. The largest absolute Gasteiger partial charge is 0.497 e. The van der Waals surface area contributed by atoms with Gasteiger partial charge in [-0.25, -0.2) is 0 Å². The summed E-state index contributed by atoms with van der Waals surface area (Å²) in [5.74, 6) is 0.233. The van der Waals surface area contributed by atoms with Crippen LogP contribution in [0.15, 0.2) is 29.4 Å². The normalized spacial score (nSPS) is 34.5. The average molecular weight is 275 g/mol. The molecule has 1 aromatic carbocycles. The van der Waals surface area contributed by atoms with Gasteiger partial charge in [0.1, 0.15) is 23.5 Å². The summed E-state index contributed by atoms with van der Waals surface area (Å²) in [4.78, 5) is 17.7. The Balaban J connectivity index is 1.67. The van der Waals surface area contributed by atoms with Crippen LogP contribution in [-0.4, -0.2) is 43.7 Å². The highest BCUT2D eigenvalue weighted by molar-refractivity contribution is 6.15. The van der Waals surface area contributed by atoms with Gasteiger partial charge >= 0.3 is 0 Å². The smallest absolute Gasteiger partial charge is 0.219 e. The lowest BCUT2D eigenvalue weighted by molar-refractivity contribution is -0.169. The molecule has 6 heteroatoms. The number of carbonyl (C=O) groups is 1. The molecular formula is C14H13NO5. The highest BCUT2D eigenvalue weighted by Gasteiger charge is 2.56. The molecule has 1 aromatic rings. The molecule has 0 saturated carbocycles. The van der Waals surface area contributed by atoms with Gasteiger partial charge in [0.15, 0.2) is 6.10 Å². The van der Waals surface area contributed by atoms with E-state index in [0.717, 1.165) is 11.3 Å². The number of carbonyl (C=O) groups excluding carboxylic acids is 1. The molecule has 0 aliphatic carbocycles. The molecule has 0 unspecified atom stereocenters. The van der Waals surface area contributed by atoms with Gasteiger partial charge < -0.3 is 19.0 Å². The van der Waals surface area contributed by atoms with Crippen molar-refractivity contribution in [2.24, 2.45) is 11.1 Å². The number of methoxy groups -OCH3 is 1. The number of hydrogen-bond donors (Lipinski definition) is 0. The van der Waals surface area contributed by atoms with E-state index in [4.69, 9.17) is 19.0 Å². The summed E-state index contributed by atoms with van der Waals surface area (Å²) in [6.07, 6.45) is -1.37. The van der Waals surface area contributed by atoms with Crippen molar-refractivity contribution in [3.05, 3.63) is 29.8 Å². The molecular weight excluding hydrogens is 262 g/mol. The van der Waals surface area contributed by atoms with Crippen LogP contribution in [0, 0.1) is 5.92 Å². The van der Waals surface area contributed by atoms with E-state index >= 15 is 0 Å². The van der Waals surface area contributed by atoms with E-state index in [1.54, 1.807) is 7.11 Å². The number of benzene rings is 1. The molecule has 4 rings (SSSR count). The molecule has 6 nitrogen and oxygen atoms in total. The van der Waals surface area contributed by atoms with Crippen LogP contribution < -0.4 is 4.74 Å². The molecule has 3 heterocycles. The number of hydrogen-bond acceptors (Lipinski definition) is 6. The second-order valence-corrected chi connectivity index (χ2v) is 4.99. The standard InChI is InChI=1S/C14H13NO5/c1-17-8-4-2-7(3-5-8)11-10-12(16)14-18-6-9(19-14)13(10)20-15-11/h2-5,9-10,13-14H,6H2,1H3/t9-,10-,13-,14-/m1/s1. The maximum Gasteiger partial charge on any atom is 0.219 e. The lowest BCUT2D eigenvalue weighted by Crippen LogP contribution is -2.48. The van der Waals surface area contributed by atoms with E-state index in [1.807, 2.05) is 24.3 Å². The fourth-order valence-electron chi connectivity index (χ4n) is 2.85. The first kappa shape index (κ1) is 11.9. The maximum atomic E-state index is 12.3. The first-order valence-corrected chi connectivity index (χ1v) is 6.47. The minimum Gasteiger partial charge on any atom is -0.497 e. The van der Waals surface area contributed by atoms with E-state index in [9.17, 15) is 4.79 Å². The molecule has 2 bridgehead atoms. The highest BCUT2D eigenvalue weighted by Crippen LogP contribution is 2.37. The Kier molecular flexibility index (Phi) is 2.55. The van der Waals surface area contributed by atoms with E-state index in [0.29, 0.717) is 12.3 Å². The Labute approximate surface area is 115 Å². The number of ether oxygens (including phenoxy) is 3. The lowest BCUT2D eigenvalue weighted by Gasteiger charge is -2.27. The van der Waals surface area contributed by atoms with Gasteiger partial charge in [-0.15, -0.1) is 0 Å². The Morgan fingerprint density at radius 2 is 2.10 bits per heavy atom. The van der Waals surface area contributed by atoms with Crippen molar-refractivity contribution < 1.29 is 23.8 Å². The zero-order valence-electron chi connectivity index (χ0n) is 10.8. The second kappa shape index (κ2) is 4.29.